The SMILES string of the molecule is B.CN(C)CCOC(=O)C=S. The van der Waals surface area contributed by atoms with Crippen LogP contribution in [0.3, 0.4) is 0 Å². The first kappa shape index (κ1) is 13.2. The average molecular weight is 175 g/mol. The number of carbonyl (C=O) groups excluding carboxylic acids is 1. The Labute approximate surface area is 74.3 Å². The molecular formula is C6H14BNO2S. The van der Waals surface area contributed by atoms with E-state index in [1.54, 1.807) is 0 Å². The van der Waals surface area contributed by atoms with E-state index in [0.717, 1.165) is 11.9 Å². The summed E-state index contributed by atoms with van der Waals surface area (Å²) in [6, 6.07) is 0. The molecule has 0 radical (unpaired) electrons. The highest BCUT2D eigenvalue weighted by atomic mass is 32.1. The fourth-order valence-corrected chi connectivity index (χ4v) is 0.431. The number of hydrogen-bond acceptors (Lipinski definition) is 4. The van der Waals surface area contributed by atoms with E-state index in [0.29, 0.717) is 6.61 Å². The van der Waals surface area contributed by atoms with Crippen molar-refractivity contribution in [2.75, 3.05) is 27.2 Å². The van der Waals surface area contributed by atoms with Crippen molar-refractivity contribution in [3.63, 3.8) is 0 Å². The van der Waals surface area contributed by atoms with Crippen molar-refractivity contribution in [1.82, 2.24) is 4.90 Å². The summed E-state index contributed by atoms with van der Waals surface area (Å²) in [5.41, 5.74) is 0. The highest BCUT2D eigenvalue weighted by Gasteiger charge is 1.95. The van der Waals surface area contributed by atoms with Crippen LogP contribution in [0.25, 0.3) is 0 Å². The fourth-order valence-electron chi connectivity index (χ4n) is 0.363. The highest BCUT2D eigenvalue weighted by molar-refractivity contribution is 7.80. The maximum Gasteiger partial charge on any atom is 0.341 e. The third kappa shape index (κ3) is 9.58. The van der Waals surface area contributed by atoms with Crippen LogP contribution in [0, 0.1) is 0 Å². The van der Waals surface area contributed by atoms with Gasteiger partial charge in [-0.3, -0.25) is 0 Å². The van der Waals surface area contributed by atoms with Gasteiger partial charge in [0.25, 0.3) is 0 Å². The molecule has 0 aromatic heterocycles. The van der Waals surface area contributed by atoms with Gasteiger partial charge in [0.05, 0.1) is 13.8 Å². The minimum Gasteiger partial charge on any atom is -0.461 e. The van der Waals surface area contributed by atoms with E-state index in [1.165, 1.54) is 0 Å². The van der Waals surface area contributed by atoms with Gasteiger partial charge in [0.1, 0.15) is 6.61 Å². The number of thiocarbonyl (C=S) groups is 1. The Morgan fingerprint density at radius 2 is 2.18 bits per heavy atom. The molecule has 0 aliphatic heterocycles. The lowest BCUT2D eigenvalue weighted by Crippen LogP contribution is -2.20. The first-order chi connectivity index (χ1) is 4.66. The minimum atomic E-state index is -0.433. The maximum absolute atomic E-state index is 10.4. The molecular weight excluding hydrogens is 161 g/mol. The number of hydrogen-bond donors (Lipinski definition) is 0. The number of esters is 1. The van der Waals surface area contributed by atoms with E-state index in [-0.39, 0.29) is 8.41 Å². The average Bonchev–Trinajstić information content (AvgIpc) is 1.87. The first-order valence-electron chi connectivity index (χ1n) is 2.93. The molecule has 0 N–H and O–H groups in total. The van der Waals surface area contributed by atoms with Crippen molar-refractivity contribution in [2.24, 2.45) is 0 Å². The van der Waals surface area contributed by atoms with Crippen LogP contribution in [-0.4, -0.2) is 51.9 Å². The molecule has 0 atom stereocenters. The monoisotopic (exact) mass is 175 g/mol. The van der Waals surface area contributed by atoms with E-state index in [2.05, 4.69) is 17.0 Å². The summed E-state index contributed by atoms with van der Waals surface area (Å²) in [5.74, 6) is -0.433. The zero-order valence-corrected chi connectivity index (χ0v) is 6.98. The maximum atomic E-state index is 10.4. The van der Waals surface area contributed by atoms with E-state index < -0.39 is 5.97 Å². The highest BCUT2D eigenvalue weighted by Crippen LogP contribution is 1.78. The molecule has 0 rings (SSSR count). The molecule has 0 saturated carbocycles. The smallest absolute Gasteiger partial charge is 0.341 e. The summed E-state index contributed by atoms with van der Waals surface area (Å²) in [7, 11) is 3.82. The van der Waals surface area contributed by atoms with E-state index in [1.807, 2.05) is 19.0 Å². The van der Waals surface area contributed by atoms with E-state index in [9.17, 15) is 4.79 Å². The molecule has 0 aliphatic rings. The molecule has 0 aromatic carbocycles. The van der Waals surface area contributed by atoms with Crippen LogP contribution in [0.15, 0.2) is 0 Å². The number of likely N-dealkylation sites (N-methyl/N-ethyl adjacent to an activating group) is 1. The van der Waals surface area contributed by atoms with Gasteiger partial charge in [-0.05, 0) is 14.1 Å². The van der Waals surface area contributed by atoms with Crippen LogP contribution in [-0.2, 0) is 9.53 Å². The molecule has 0 bridgehead atoms. The Bertz CT molecular complexity index is 130. The summed E-state index contributed by atoms with van der Waals surface area (Å²) < 4.78 is 4.66. The summed E-state index contributed by atoms with van der Waals surface area (Å²) in [6.45, 7) is 1.13. The number of carbonyl (C=O) groups is 1. The molecule has 0 amide bonds. The molecule has 0 aliphatic carbocycles. The van der Waals surface area contributed by atoms with Crippen LogP contribution in [0.5, 0.6) is 0 Å². The topological polar surface area (TPSA) is 29.5 Å². The standard InChI is InChI=1S/C6H11NO2S.BH3/c1-7(2)3-4-9-6(8)5-10;/h5H,3-4H2,1-2H3;1H3. The largest absolute Gasteiger partial charge is 0.461 e. The molecule has 0 heterocycles. The third-order valence-corrected chi connectivity index (χ3v) is 1.07. The summed E-state index contributed by atoms with van der Waals surface area (Å²) in [4.78, 5) is 12.3. The zero-order chi connectivity index (χ0) is 7.98. The van der Waals surface area contributed by atoms with Crippen LogP contribution >= 0.6 is 12.2 Å². The van der Waals surface area contributed by atoms with Gasteiger partial charge in [0.2, 0.25) is 0 Å². The van der Waals surface area contributed by atoms with Gasteiger partial charge < -0.3 is 9.64 Å². The second-order valence-corrected chi connectivity index (χ2v) is 2.32. The molecule has 0 unspecified atom stereocenters. The van der Waals surface area contributed by atoms with Crippen molar-refractivity contribution >= 4 is 32.0 Å². The zero-order valence-electron chi connectivity index (χ0n) is 6.16. The third-order valence-electron chi connectivity index (χ3n) is 0.879. The lowest BCUT2D eigenvalue weighted by atomic mass is 10.6. The lowest BCUT2D eigenvalue weighted by molar-refractivity contribution is -0.135. The molecule has 0 saturated heterocycles. The summed E-state index contributed by atoms with van der Waals surface area (Å²) >= 11 is 4.34. The van der Waals surface area contributed by atoms with Crippen molar-refractivity contribution < 1.29 is 9.53 Å². The summed E-state index contributed by atoms with van der Waals surface area (Å²) in [5, 5.41) is 0.996. The van der Waals surface area contributed by atoms with Gasteiger partial charge in [0, 0.05) is 6.54 Å². The number of ether oxygens (including phenoxy) is 1. The van der Waals surface area contributed by atoms with Crippen molar-refractivity contribution in [3.8, 4) is 0 Å². The van der Waals surface area contributed by atoms with Gasteiger partial charge in [-0.25, -0.2) is 4.79 Å². The molecule has 11 heavy (non-hydrogen) atoms. The minimum absolute atomic E-state index is 0. The predicted molar refractivity (Wildman–Crippen MR) is 53.1 cm³/mol. The quantitative estimate of drug-likeness (QED) is 0.308. The van der Waals surface area contributed by atoms with Crippen molar-refractivity contribution in [2.45, 2.75) is 0 Å². The van der Waals surface area contributed by atoms with Crippen molar-refractivity contribution in [3.05, 3.63) is 0 Å². The molecule has 0 aromatic rings. The lowest BCUT2D eigenvalue weighted by Gasteiger charge is -2.07. The first-order valence-corrected chi connectivity index (χ1v) is 3.40. The van der Waals surface area contributed by atoms with E-state index >= 15 is 0 Å². The van der Waals surface area contributed by atoms with Crippen LogP contribution in [0.4, 0.5) is 0 Å². The Hall–Kier alpha value is -0.415. The summed E-state index contributed by atoms with van der Waals surface area (Å²) in [6.07, 6.45) is 0. The Kier molecular flexibility index (Phi) is 9.22. The van der Waals surface area contributed by atoms with Crippen LogP contribution < -0.4 is 0 Å². The molecule has 0 fully saturated rings. The molecule has 64 valence electrons. The van der Waals surface area contributed by atoms with Gasteiger partial charge in [-0.1, -0.05) is 12.2 Å². The molecule has 3 nitrogen and oxygen atoms in total. The second-order valence-electron chi connectivity index (χ2n) is 2.09. The normalized spacial score (nSPS) is 8.64. The van der Waals surface area contributed by atoms with Crippen LogP contribution in [0.2, 0.25) is 0 Å². The number of nitrogens with zero attached hydrogens (tertiary/aromatic N) is 1. The number of rotatable bonds is 4. The van der Waals surface area contributed by atoms with Gasteiger partial charge in [-0.15, -0.1) is 0 Å². The van der Waals surface area contributed by atoms with E-state index in [4.69, 9.17) is 0 Å². The fraction of sp³-hybridized carbons (Fsp3) is 0.667. The van der Waals surface area contributed by atoms with Gasteiger partial charge >= 0.3 is 5.97 Å². The Morgan fingerprint density at radius 1 is 1.64 bits per heavy atom. The Balaban J connectivity index is 0. The van der Waals surface area contributed by atoms with Crippen molar-refractivity contribution in [1.29, 1.82) is 0 Å². The van der Waals surface area contributed by atoms with Gasteiger partial charge in [0.15, 0.2) is 0 Å². The Morgan fingerprint density at radius 3 is 2.55 bits per heavy atom. The van der Waals surface area contributed by atoms with Crippen LogP contribution in [0.1, 0.15) is 0 Å². The molecule has 0 spiro atoms. The predicted octanol–water partition coefficient (Wildman–Crippen LogP) is -1.09. The molecule has 5 heteroatoms. The van der Waals surface area contributed by atoms with Gasteiger partial charge in [-0.2, -0.15) is 0 Å². The second kappa shape index (κ2) is 7.69.